The molecule has 1 amide bonds. The molecule has 120 valence electrons. The van der Waals surface area contributed by atoms with E-state index in [0.29, 0.717) is 23.6 Å². The summed E-state index contributed by atoms with van der Waals surface area (Å²) in [6, 6.07) is 5.13. The molecule has 0 spiro atoms. The minimum Gasteiger partial charge on any atom is -0.497 e. The highest BCUT2D eigenvalue weighted by Gasteiger charge is 2.18. The summed E-state index contributed by atoms with van der Waals surface area (Å²) in [5.41, 5.74) is 0.659. The zero-order chi connectivity index (χ0) is 16.5. The number of esters is 1. The van der Waals surface area contributed by atoms with E-state index < -0.39 is 12.1 Å². The number of methoxy groups -OCH3 is 2. The van der Waals surface area contributed by atoms with Gasteiger partial charge in [-0.1, -0.05) is 12.1 Å². The average molecular weight is 307 g/mol. The molecule has 0 radical (unpaired) electrons. The lowest BCUT2D eigenvalue weighted by molar-refractivity contribution is -0.154. The molecule has 1 unspecified atom stereocenters. The third-order valence-electron chi connectivity index (χ3n) is 2.93. The molecule has 0 aromatic heterocycles. The fraction of sp³-hybridized carbons (Fsp3) is 0.375. The van der Waals surface area contributed by atoms with Gasteiger partial charge in [0, 0.05) is 18.2 Å². The predicted molar refractivity (Wildman–Crippen MR) is 82.0 cm³/mol. The number of hydrogen-bond donors (Lipinski definition) is 1. The Bertz CT molecular complexity index is 541. The van der Waals surface area contributed by atoms with E-state index in [4.69, 9.17) is 14.2 Å². The van der Waals surface area contributed by atoms with Crippen molar-refractivity contribution in [1.82, 2.24) is 5.32 Å². The third kappa shape index (κ3) is 5.12. The van der Waals surface area contributed by atoms with Crippen molar-refractivity contribution < 1.29 is 23.8 Å². The Morgan fingerprint density at radius 2 is 2.05 bits per heavy atom. The Balaban J connectivity index is 2.65. The summed E-state index contributed by atoms with van der Waals surface area (Å²) in [6.07, 6.45) is 0.692. The summed E-state index contributed by atoms with van der Waals surface area (Å²) in [7, 11) is 3.06. The number of carbonyl (C=O) groups is 2. The van der Waals surface area contributed by atoms with Gasteiger partial charge in [-0.25, -0.2) is 0 Å². The van der Waals surface area contributed by atoms with E-state index in [2.05, 4.69) is 11.9 Å². The molecule has 0 saturated heterocycles. The van der Waals surface area contributed by atoms with Crippen LogP contribution in [0.4, 0.5) is 0 Å². The minimum atomic E-state index is -0.864. The summed E-state index contributed by atoms with van der Waals surface area (Å²) >= 11 is 0. The Labute approximate surface area is 130 Å². The lowest BCUT2D eigenvalue weighted by atomic mass is 10.1. The monoisotopic (exact) mass is 307 g/mol. The normalized spacial score (nSPS) is 11.2. The fourth-order valence-electron chi connectivity index (χ4n) is 1.76. The standard InChI is InChI=1S/C16H21NO5/c1-5-8-17-16(19)11(2)22-15(18)9-12-6-7-13(20-3)10-14(12)21-4/h5-7,10-11H,1,8-9H2,2-4H3,(H,17,19). The quantitative estimate of drug-likeness (QED) is 0.582. The Morgan fingerprint density at radius 3 is 2.64 bits per heavy atom. The lowest BCUT2D eigenvalue weighted by Gasteiger charge is -2.14. The first-order valence-electron chi connectivity index (χ1n) is 6.80. The molecule has 6 heteroatoms. The van der Waals surface area contributed by atoms with Gasteiger partial charge in [0.2, 0.25) is 0 Å². The molecule has 0 saturated carbocycles. The molecule has 22 heavy (non-hydrogen) atoms. The molecule has 6 nitrogen and oxygen atoms in total. The summed E-state index contributed by atoms with van der Waals surface area (Å²) in [6.45, 7) is 5.34. The Morgan fingerprint density at radius 1 is 1.32 bits per heavy atom. The van der Waals surface area contributed by atoms with Crippen molar-refractivity contribution in [3.63, 3.8) is 0 Å². The molecule has 0 aliphatic heterocycles. The lowest BCUT2D eigenvalue weighted by Crippen LogP contribution is -2.36. The van der Waals surface area contributed by atoms with Crippen LogP contribution >= 0.6 is 0 Å². The number of amides is 1. The smallest absolute Gasteiger partial charge is 0.311 e. The molecule has 1 atom stereocenters. The van der Waals surface area contributed by atoms with E-state index in [1.165, 1.54) is 14.0 Å². The molecule has 1 rings (SSSR count). The molecule has 0 aliphatic rings. The van der Waals surface area contributed by atoms with Crippen molar-refractivity contribution in [2.75, 3.05) is 20.8 Å². The fourth-order valence-corrected chi connectivity index (χ4v) is 1.76. The van der Waals surface area contributed by atoms with Gasteiger partial charge in [0.25, 0.3) is 5.91 Å². The predicted octanol–water partition coefficient (Wildman–Crippen LogP) is 1.48. The molecule has 1 aromatic carbocycles. The topological polar surface area (TPSA) is 73.9 Å². The molecule has 0 aliphatic carbocycles. The van der Waals surface area contributed by atoms with Crippen LogP contribution < -0.4 is 14.8 Å². The number of hydrogen-bond acceptors (Lipinski definition) is 5. The zero-order valence-electron chi connectivity index (χ0n) is 13.0. The highest BCUT2D eigenvalue weighted by Crippen LogP contribution is 2.25. The number of benzene rings is 1. The largest absolute Gasteiger partial charge is 0.497 e. The van der Waals surface area contributed by atoms with Crippen LogP contribution in [0.5, 0.6) is 11.5 Å². The average Bonchev–Trinajstić information content (AvgIpc) is 2.52. The minimum absolute atomic E-state index is 0.00620. The van der Waals surface area contributed by atoms with Crippen molar-refractivity contribution in [3.8, 4) is 11.5 Å². The molecule has 0 bridgehead atoms. The molecular weight excluding hydrogens is 286 g/mol. The zero-order valence-corrected chi connectivity index (χ0v) is 13.0. The second-order valence-corrected chi connectivity index (χ2v) is 4.52. The highest BCUT2D eigenvalue weighted by atomic mass is 16.5. The van der Waals surface area contributed by atoms with Crippen LogP contribution in [0, 0.1) is 0 Å². The first-order chi connectivity index (χ1) is 10.5. The van der Waals surface area contributed by atoms with Crippen molar-refractivity contribution in [2.24, 2.45) is 0 Å². The summed E-state index contributed by atoms with van der Waals surface area (Å²) in [4.78, 5) is 23.5. The van der Waals surface area contributed by atoms with Crippen LogP contribution in [0.15, 0.2) is 30.9 Å². The van der Waals surface area contributed by atoms with Gasteiger partial charge >= 0.3 is 5.97 Å². The van der Waals surface area contributed by atoms with E-state index in [9.17, 15) is 9.59 Å². The number of ether oxygens (including phenoxy) is 3. The van der Waals surface area contributed by atoms with Crippen molar-refractivity contribution in [1.29, 1.82) is 0 Å². The third-order valence-corrected chi connectivity index (χ3v) is 2.93. The SMILES string of the molecule is C=CCNC(=O)C(C)OC(=O)Cc1ccc(OC)cc1OC. The first-order valence-corrected chi connectivity index (χ1v) is 6.80. The van der Waals surface area contributed by atoms with Gasteiger partial charge in [-0.2, -0.15) is 0 Å². The Kier molecular flexibility index (Phi) is 6.95. The molecule has 1 N–H and O–H groups in total. The van der Waals surface area contributed by atoms with Crippen LogP contribution in [0.3, 0.4) is 0 Å². The van der Waals surface area contributed by atoms with Gasteiger partial charge in [-0.3, -0.25) is 9.59 Å². The summed E-state index contributed by atoms with van der Waals surface area (Å²) in [5.74, 6) is 0.283. The van der Waals surface area contributed by atoms with Gasteiger partial charge in [0.15, 0.2) is 6.10 Å². The summed E-state index contributed by atoms with van der Waals surface area (Å²) in [5, 5.41) is 2.56. The molecular formula is C16H21NO5. The second kappa shape index (κ2) is 8.71. The highest BCUT2D eigenvalue weighted by molar-refractivity contribution is 5.84. The van der Waals surface area contributed by atoms with Gasteiger partial charge in [0.1, 0.15) is 11.5 Å². The van der Waals surface area contributed by atoms with Gasteiger partial charge in [-0.05, 0) is 13.0 Å². The maximum Gasteiger partial charge on any atom is 0.311 e. The number of rotatable bonds is 8. The Hall–Kier alpha value is -2.50. The van der Waals surface area contributed by atoms with Crippen molar-refractivity contribution >= 4 is 11.9 Å². The number of carbonyl (C=O) groups excluding carboxylic acids is 2. The van der Waals surface area contributed by atoms with E-state index >= 15 is 0 Å². The van der Waals surface area contributed by atoms with Gasteiger partial charge < -0.3 is 19.5 Å². The second-order valence-electron chi connectivity index (χ2n) is 4.52. The van der Waals surface area contributed by atoms with Crippen LogP contribution in [-0.2, 0) is 20.7 Å². The van der Waals surface area contributed by atoms with E-state index in [1.54, 1.807) is 31.4 Å². The van der Waals surface area contributed by atoms with Crippen molar-refractivity contribution in [2.45, 2.75) is 19.4 Å². The first kappa shape index (κ1) is 17.6. The van der Waals surface area contributed by atoms with E-state index in [1.807, 2.05) is 0 Å². The van der Waals surface area contributed by atoms with Crippen molar-refractivity contribution in [3.05, 3.63) is 36.4 Å². The van der Waals surface area contributed by atoms with Gasteiger partial charge in [-0.15, -0.1) is 6.58 Å². The van der Waals surface area contributed by atoms with Crippen LogP contribution in [0.1, 0.15) is 12.5 Å². The van der Waals surface area contributed by atoms with Gasteiger partial charge in [0.05, 0.1) is 20.6 Å². The molecule has 0 heterocycles. The van der Waals surface area contributed by atoms with Crippen LogP contribution in [0.2, 0.25) is 0 Å². The van der Waals surface area contributed by atoms with Crippen LogP contribution in [-0.4, -0.2) is 38.7 Å². The summed E-state index contributed by atoms with van der Waals surface area (Å²) < 4.78 is 15.4. The van der Waals surface area contributed by atoms with E-state index in [0.717, 1.165) is 0 Å². The van der Waals surface area contributed by atoms with E-state index in [-0.39, 0.29) is 12.3 Å². The molecule has 1 aromatic rings. The maximum absolute atomic E-state index is 11.9. The van der Waals surface area contributed by atoms with Crippen LogP contribution in [0.25, 0.3) is 0 Å². The number of nitrogens with one attached hydrogen (secondary N) is 1. The maximum atomic E-state index is 11.9. The molecule has 0 fully saturated rings.